The molecule has 11 heteroatoms. The predicted molar refractivity (Wildman–Crippen MR) is 232 cm³/mol. The lowest BCUT2D eigenvalue weighted by Gasteiger charge is -2.28. The number of nitrogens with zero attached hydrogens (tertiary/aromatic N) is 1. The molecule has 10 nitrogen and oxygen atoms in total. The number of rotatable bonds is 39. The van der Waals surface area contributed by atoms with Gasteiger partial charge in [0.15, 0.2) is 6.10 Å². The molecule has 3 atom stereocenters. The Morgan fingerprint density at radius 3 is 1.86 bits per heavy atom. The van der Waals surface area contributed by atoms with E-state index in [0.29, 0.717) is 36.7 Å². The van der Waals surface area contributed by atoms with E-state index >= 15 is 0 Å². The molecule has 0 aliphatic rings. The number of unbranched alkanes of at least 4 members (excludes halogenated alkanes) is 15. The maximum Gasteiger partial charge on any atom is 0.306 e. The molecule has 0 aromatic heterocycles. The number of phosphoric acid groups is 1. The summed E-state index contributed by atoms with van der Waals surface area (Å²) in [5, 5.41) is 10.0. The van der Waals surface area contributed by atoms with Gasteiger partial charge in [-0.25, -0.2) is 0 Å². The number of quaternary nitrogens is 1. The van der Waals surface area contributed by atoms with Gasteiger partial charge in [-0.3, -0.25) is 14.2 Å². The number of carbonyl (C=O) groups is 2. The molecule has 0 spiro atoms. The van der Waals surface area contributed by atoms with Crippen molar-refractivity contribution in [1.82, 2.24) is 0 Å². The highest BCUT2D eigenvalue weighted by molar-refractivity contribution is 7.45. The van der Waals surface area contributed by atoms with Crippen molar-refractivity contribution in [3.05, 3.63) is 60.8 Å². The second-order valence-corrected chi connectivity index (χ2v) is 17.3. The maximum atomic E-state index is 12.7. The highest BCUT2D eigenvalue weighted by atomic mass is 31.2. The average molecular weight is 824 g/mol. The van der Waals surface area contributed by atoms with Crippen molar-refractivity contribution in [3.63, 3.8) is 0 Å². The van der Waals surface area contributed by atoms with Crippen LogP contribution in [0.25, 0.3) is 0 Å². The van der Waals surface area contributed by atoms with Gasteiger partial charge in [0, 0.05) is 12.8 Å². The fourth-order valence-electron chi connectivity index (χ4n) is 5.55. The summed E-state index contributed by atoms with van der Waals surface area (Å²) in [7, 11) is 1.08. The molecule has 0 heterocycles. The van der Waals surface area contributed by atoms with Gasteiger partial charge in [-0.05, 0) is 70.6 Å². The minimum atomic E-state index is -4.66. The van der Waals surface area contributed by atoms with Crippen LogP contribution in [0.4, 0.5) is 0 Å². The summed E-state index contributed by atoms with van der Waals surface area (Å²) in [5.74, 6) is -0.953. The minimum Gasteiger partial charge on any atom is -0.756 e. The largest absolute Gasteiger partial charge is 0.756 e. The molecule has 0 fully saturated rings. The van der Waals surface area contributed by atoms with Crippen molar-refractivity contribution in [2.45, 2.75) is 174 Å². The van der Waals surface area contributed by atoms with E-state index in [1.807, 2.05) is 57.6 Å². The lowest BCUT2D eigenvalue weighted by molar-refractivity contribution is -0.870. The third-order valence-electron chi connectivity index (χ3n) is 9.09. The molecule has 0 aromatic rings. The Kier molecular flexibility index (Phi) is 36.4. The molecule has 0 aromatic carbocycles. The number of carbonyl (C=O) groups excluding carboxylic acids is 2. The molecule has 0 bridgehead atoms. The molecule has 0 saturated heterocycles. The predicted octanol–water partition coefficient (Wildman–Crippen LogP) is 10.8. The monoisotopic (exact) mass is 824 g/mol. The smallest absolute Gasteiger partial charge is 0.306 e. The van der Waals surface area contributed by atoms with Gasteiger partial charge in [0.05, 0.1) is 33.9 Å². The van der Waals surface area contributed by atoms with Crippen LogP contribution in [0.1, 0.15) is 162 Å². The molecule has 0 aliphatic carbocycles. The SMILES string of the molecule is CCCCC/C=C\CC(O)/C=C/C=C\C/C=C\CCCC(=O)OC(COC(=O)CCCCCCC/C=C\CCCCCCCC)COP(=O)([O-])OCC[N+](C)(C)C. The van der Waals surface area contributed by atoms with Gasteiger partial charge in [0.2, 0.25) is 0 Å². The van der Waals surface area contributed by atoms with E-state index in [4.69, 9.17) is 18.5 Å². The third-order valence-corrected chi connectivity index (χ3v) is 10.1. The lowest BCUT2D eigenvalue weighted by atomic mass is 10.1. The quantitative estimate of drug-likeness (QED) is 0.0161. The molecular formula is C46H82NO9P. The van der Waals surface area contributed by atoms with Gasteiger partial charge in [-0.2, -0.15) is 0 Å². The van der Waals surface area contributed by atoms with Crippen LogP contribution in [-0.4, -0.2) is 81.2 Å². The standard InChI is InChI=1S/C46H82NO9P/c1-6-8-10-12-14-15-16-17-18-19-20-21-25-29-33-37-45(49)53-41-44(42-55-57(51,52)54-40-39-47(3,4)5)56-46(50)38-34-30-26-23-22-24-28-32-36-43(48)35-31-27-13-11-9-7-2/h17-18,23-24,26-28,31-32,36,43-44,48H,6-16,19-22,25,29-30,33-35,37-42H2,1-5H3/b18-17-,26-23-,28-24-,31-27-,36-32+. The van der Waals surface area contributed by atoms with Crippen molar-refractivity contribution >= 4 is 19.8 Å². The first-order chi connectivity index (χ1) is 27.4. The average Bonchev–Trinajstić information content (AvgIpc) is 3.15. The van der Waals surface area contributed by atoms with Crippen molar-refractivity contribution in [1.29, 1.82) is 0 Å². The summed E-state index contributed by atoms with van der Waals surface area (Å²) in [6.45, 7) is 4.01. The molecule has 0 aliphatic heterocycles. The highest BCUT2D eigenvalue weighted by Crippen LogP contribution is 2.38. The minimum absolute atomic E-state index is 0.0556. The van der Waals surface area contributed by atoms with Crippen LogP contribution >= 0.6 is 7.82 Å². The van der Waals surface area contributed by atoms with E-state index in [2.05, 4.69) is 32.1 Å². The summed E-state index contributed by atoms with van der Waals surface area (Å²) in [6, 6.07) is 0. The number of hydrogen-bond acceptors (Lipinski definition) is 9. The zero-order valence-electron chi connectivity index (χ0n) is 36.6. The zero-order chi connectivity index (χ0) is 42.3. The molecule has 57 heavy (non-hydrogen) atoms. The van der Waals surface area contributed by atoms with Crippen molar-refractivity contribution in [2.75, 3.05) is 47.5 Å². The van der Waals surface area contributed by atoms with Crippen LogP contribution in [0.5, 0.6) is 0 Å². The molecule has 330 valence electrons. The molecule has 0 amide bonds. The Hall–Kier alpha value is -2.33. The topological polar surface area (TPSA) is 131 Å². The highest BCUT2D eigenvalue weighted by Gasteiger charge is 2.21. The number of hydrogen-bond donors (Lipinski definition) is 1. The number of likely N-dealkylation sites (N-methyl/N-ethyl adjacent to an activating group) is 1. The van der Waals surface area contributed by atoms with E-state index in [0.717, 1.165) is 44.9 Å². The first kappa shape index (κ1) is 54.7. The fraction of sp³-hybridized carbons (Fsp3) is 0.739. The van der Waals surface area contributed by atoms with E-state index in [-0.39, 0.29) is 26.1 Å². The van der Waals surface area contributed by atoms with Gasteiger partial charge in [0.1, 0.15) is 19.8 Å². The van der Waals surface area contributed by atoms with Crippen LogP contribution in [0, 0.1) is 0 Å². The molecule has 0 radical (unpaired) electrons. The van der Waals surface area contributed by atoms with Crippen LogP contribution in [0.3, 0.4) is 0 Å². The van der Waals surface area contributed by atoms with Crippen molar-refractivity contribution in [3.8, 4) is 0 Å². The normalized spacial score (nSPS) is 14.7. The Bertz CT molecular complexity index is 1170. The summed E-state index contributed by atoms with van der Waals surface area (Å²) >= 11 is 0. The Labute approximate surface area is 348 Å². The van der Waals surface area contributed by atoms with E-state index in [1.165, 1.54) is 64.2 Å². The van der Waals surface area contributed by atoms with Crippen LogP contribution in [0.2, 0.25) is 0 Å². The summed E-state index contributed by atoms with van der Waals surface area (Å²) in [5.41, 5.74) is 0. The van der Waals surface area contributed by atoms with E-state index in [9.17, 15) is 24.2 Å². The number of allylic oxidation sites excluding steroid dienone is 8. The Morgan fingerprint density at radius 2 is 1.19 bits per heavy atom. The summed E-state index contributed by atoms with van der Waals surface area (Å²) in [4.78, 5) is 37.5. The molecular weight excluding hydrogens is 741 g/mol. The van der Waals surface area contributed by atoms with E-state index < -0.39 is 38.6 Å². The zero-order valence-corrected chi connectivity index (χ0v) is 37.5. The molecule has 0 saturated carbocycles. The van der Waals surface area contributed by atoms with Crippen LogP contribution in [-0.2, 0) is 32.7 Å². The third kappa shape index (κ3) is 41.6. The number of aliphatic hydroxyl groups is 1. The van der Waals surface area contributed by atoms with Gasteiger partial charge in [-0.1, -0.05) is 139 Å². The Morgan fingerprint density at radius 1 is 0.649 bits per heavy atom. The number of esters is 2. The second-order valence-electron chi connectivity index (χ2n) is 15.9. The first-order valence-corrected chi connectivity index (χ1v) is 23.6. The van der Waals surface area contributed by atoms with Gasteiger partial charge in [-0.15, -0.1) is 0 Å². The number of phosphoric ester groups is 1. The van der Waals surface area contributed by atoms with Crippen molar-refractivity contribution < 1.29 is 47.2 Å². The summed E-state index contributed by atoms with van der Waals surface area (Å²) in [6.07, 6.45) is 41.4. The fourth-order valence-corrected chi connectivity index (χ4v) is 6.28. The van der Waals surface area contributed by atoms with Crippen molar-refractivity contribution in [2.24, 2.45) is 0 Å². The second kappa shape index (κ2) is 37.9. The number of aliphatic hydroxyl groups excluding tert-OH is 1. The summed E-state index contributed by atoms with van der Waals surface area (Å²) < 4.78 is 33.8. The van der Waals surface area contributed by atoms with Gasteiger partial charge in [0.25, 0.3) is 7.82 Å². The van der Waals surface area contributed by atoms with Gasteiger partial charge < -0.3 is 33.0 Å². The Balaban J connectivity index is 4.55. The maximum absolute atomic E-state index is 12.7. The van der Waals surface area contributed by atoms with Crippen LogP contribution in [0.15, 0.2) is 60.8 Å². The van der Waals surface area contributed by atoms with Gasteiger partial charge >= 0.3 is 11.9 Å². The lowest BCUT2D eigenvalue weighted by Crippen LogP contribution is -2.37. The molecule has 0 rings (SSSR count). The molecule has 3 unspecified atom stereocenters. The van der Waals surface area contributed by atoms with E-state index in [1.54, 1.807) is 6.08 Å². The molecule has 1 N–H and O–H groups in total. The van der Waals surface area contributed by atoms with Crippen LogP contribution < -0.4 is 4.89 Å². The first-order valence-electron chi connectivity index (χ1n) is 22.1. The number of ether oxygens (including phenoxy) is 2.